The molecule has 0 aliphatic carbocycles. The zero-order valence-corrected chi connectivity index (χ0v) is 10.9. The monoisotopic (exact) mass is 259 g/mol. The first-order valence-corrected chi connectivity index (χ1v) is 6.18. The van der Waals surface area contributed by atoms with Crippen molar-refractivity contribution >= 4 is 23.5 Å². The summed E-state index contributed by atoms with van der Waals surface area (Å²) in [6, 6.07) is 12.8. The number of nitrogens with zero attached hydrogens (tertiary/aromatic N) is 1. The van der Waals surface area contributed by atoms with Crippen LogP contribution in [-0.2, 0) is 6.42 Å². The number of halogens is 1. The summed E-state index contributed by atoms with van der Waals surface area (Å²) in [5.74, 6) is 0.192. The van der Waals surface area contributed by atoms with Crippen LogP contribution in [0, 0.1) is 0 Å². The maximum atomic E-state index is 9.72. The van der Waals surface area contributed by atoms with Gasteiger partial charge in [0.25, 0.3) is 0 Å². The number of phenolic OH excluding ortho intramolecular Hbond substituents is 1. The van der Waals surface area contributed by atoms with Gasteiger partial charge in [0, 0.05) is 11.2 Å². The van der Waals surface area contributed by atoms with E-state index >= 15 is 0 Å². The average molecular weight is 260 g/mol. The van der Waals surface area contributed by atoms with Crippen molar-refractivity contribution in [3.05, 3.63) is 58.6 Å². The number of rotatable bonds is 3. The van der Waals surface area contributed by atoms with Gasteiger partial charge < -0.3 is 5.11 Å². The highest BCUT2D eigenvalue weighted by Gasteiger charge is 1.99. The predicted octanol–water partition coefficient (Wildman–Crippen LogP) is 4.36. The summed E-state index contributed by atoms with van der Waals surface area (Å²) < 4.78 is 0. The van der Waals surface area contributed by atoms with Crippen molar-refractivity contribution in [1.82, 2.24) is 0 Å². The molecule has 0 heterocycles. The van der Waals surface area contributed by atoms with E-state index in [-0.39, 0.29) is 5.75 Å². The van der Waals surface area contributed by atoms with Crippen LogP contribution in [0.25, 0.3) is 0 Å². The molecule has 18 heavy (non-hydrogen) atoms. The number of hydrogen-bond acceptors (Lipinski definition) is 2. The Hall–Kier alpha value is -1.80. The smallest absolute Gasteiger partial charge is 0.141 e. The van der Waals surface area contributed by atoms with Crippen LogP contribution in [0.5, 0.6) is 5.75 Å². The van der Waals surface area contributed by atoms with E-state index in [2.05, 4.69) is 11.9 Å². The molecule has 0 unspecified atom stereocenters. The average Bonchev–Trinajstić information content (AvgIpc) is 2.40. The summed E-state index contributed by atoms with van der Waals surface area (Å²) in [4.78, 5) is 4.30. The summed E-state index contributed by atoms with van der Waals surface area (Å²) in [5.41, 5.74) is 2.68. The van der Waals surface area contributed by atoms with Crippen molar-refractivity contribution in [2.24, 2.45) is 4.99 Å². The lowest BCUT2D eigenvalue weighted by atomic mass is 10.1. The Kier molecular flexibility index (Phi) is 4.00. The van der Waals surface area contributed by atoms with Crippen molar-refractivity contribution in [3.63, 3.8) is 0 Å². The predicted molar refractivity (Wildman–Crippen MR) is 76.2 cm³/mol. The molecule has 0 fully saturated rings. The molecule has 0 bridgehead atoms. The summed E-state index contributed by atoms with van der Waals surface area (Å²) in [5, 5.41) is 10.4. The molecule has 0 amide bonds. The van der Waals surface area contributed by atoms with Gasteiger partial charge in [0.05, 0.1) is 0 Å². The second kappa shape index (κ2) is 5.69. The van der Waals surface area contributed by atoms with Crippen molar-refractivity contribution < 1.29 is 5.11 Å². The van der Waals surface area contributed by atoms with Crippen LogP contribution < -0.4 is 0 Å². The van der Waals surface area contributed by atoms with Crippen LogP contribution in [0.2, 0.25) is 5.02 Å². The van der Waals surface area contributed by atoms with Gasteiger partial charge in [-0.15, -0.1) is 0 Å². The van der Waals surface area contributed by atoms with Gasteiger partial charge in [-0.05, 0) is 41.8 Å². The molecule has 2 aromatic rings. The van der Waals surface area contributed by atoms with Gasteiger partial charge in [0.15, 0.2) is 0 Å². The molecule has 0 aliphatic heterocycles. The summed E-state index contributed by atoms with van der Waals surface area (Å²) in [6.45, 7) is 2.07. The molecule has 0 saturated heterocycles. The molecule has 0 atom stereocenters. The third kappa shape index (κ3) is 3.11. The van der Waals surface area contributed by atoms with Gasteiger partial charge >= 0.3 is 0 Å². The highest BCUT2D eigenvalue weighted by molar-refractivity contribution is 6.30. The van der Waals surface area contributed by atoms with Crippen LogP contribution in [0.3, 0.4) is 0 Å². The van der Waals surface area contributed by atoms with E-state index < -0.39 is 0 Å². The highest BCUT2D eigenvalue weighted by atomic mass is 35.5. The zero-order valence-electron chi connectivity index (χ0n) is 10.1. The fraction of sp³-hybridized carbons (Fsp3) is 0.133. The van der Waals surface area contributed by atoms with E-state index in [9.17, 15) is 5.11 Å². The number of aliphatic imine (C=N–C) groups is 1. The zero-order chi connectivity index (χ0) is 13.0. The molecule has 0 saturated carbocycles. The molecule has 2 aromatic carbocycles. The SMILES string of the molecule is CCc1ccc(O)c(N=Cc2ccc(Cl)cc2)c1. The molecule has 0 radical (unpaired) electrons. The maximum absolute atomic E-state index is 9.72. The maximum Gasteiger partial charge on any atom is 0.141 e. The van der Waals surface area contributed by atoms with Crippen LogP contribution >= 0.6 is 11.6 Å². The Labute approximate surface area is 112 Å². The van der Waals surface area contributed by atoms with Crippen LogP contribution in [0.15, 0.2) is 47.5 Å². The molecule has 2 rings (SSSR count). The number of benzene rings is 2. The first-order valence-electron chi connectivity index (χ1n) is 5.80. The molecule has 0 spiro atoms. The topological polar surface area (TPSA) is 32.6 Å². The second-order valence-corrected chi connectivity index (χ2v) is 4.42. The molecule has 2 nitrogen and oxygen atoms in total. The fourth-order valence-electron chi connectivity index (χ4n) is 1.59. The van der Waals surface area contributed by atoms with E-state index in [1.807, 2.05) is 36.4 Å². The minimum Gasteiger partial charge on any atom is -0.506 e. The lowest BCUT2D eigenvalue weighted by Gasteiger charge is -2.01. The standard InChI is InChI=1S/C15H14ClNO/c1-2-11-5-8-15(18)14(9-11)17-10-12-3-6-13(16)7-4-12/h3-10,18H,2H2,1H3. The Morgan fingerprint density at radius 1 is 1.17 bits per heavy atom. The first kappa shape index (κ1) is 12.7. The van der Waals surface area contributed by atoms with Gasteiger partial charge in [0.1, 0.15) is 11.4 Å². The lowest BCUT2D eigenvalue weighted by Crippen LogP contribution is -1.82. The molecular weight excluding hydrogens is 246 g/mol. The third-order valence-corrected chi connectivity index (χ3v) is 2.92. The largest absolute Gasteiger partial charge is 0.506 e. The number of aryl methyl sites for hydroxylation is 1. The quantitative estimate of drug-likeness (QED) is 0.816. The normalized spacial score (nSPS) is 11.0. The van der Waals surface area contributed by atoms with E-state index in [1.165, 1.54) is 0 Å². The molecule has 0 aliphatic rings. The fourth-order valence-corrected chi connectivity index (χ4v) is 1.71. The summed E-state index contributed by atoms with van der Waals surface area (Å²) in [6.07, 6.45) is 2.63. The third-order valence-electron chi connectivity index (χ3n) is 2.67. The molecule has 0 aromatic heterocycles. The van der Waals surface area contributed by atoms with Crippen LogP contribution in [0.4, 0.5) is 5.69 Å². The van der Waals surface area contributed by atoms with Crippen molar-refractivity contribution in [3.8, 4) is 5.75 Å². The summed E-state index contributed by atoms with van der Waals surface area (Å²) in [7, 11) is 0. The Morgan fingerprint density at radius 2 is 1.89 bits per heavy atom. The van der Waals surface area contributed by atoms with E-state index in [0.29, 0.717) is 10.7 Å². The minimum atomic E-state index is 0.192. The van der Waals surface area contributed by atoms with Gasteiger partial charge in [-0.2, -0.15) is 0 Å². The highest BCUT2D eigenvalue weighted by Crippen LogP contribution is 2.27. The Balaban J connectivity index is 2.25. The molecule has 3 heteroatoms. The second-order valence-electron chi connectivity index (χ2n) is 3.99. The van der Waals surface area contributed by atoms with Gasteiger partial charge in [-0.1, -0.05) is 36.7 Å². The van der Waals surface area contributed by atoms with Crippen LogP contribution in [-0.4, -0.2) is 11.3 Å². The first-order chi connectivity index (χ1) is 8.69. The number of hydrogen-bond donors (Lipinski definition) is 1. The van der Waals surface area contributed by atoms with Crippen molar-refractivity contribution in [2.45, 2.75) is 13.3 Å². The minimum absolute atomic E-state index is 0.192. The van der Waals surface area contributed by atoms with Gasteiger partial charge in [-0.3, -0.25) is 4.99 Å². The number of aromatic hydroxyl groups is 1. The van der Waals surface area contributed by atoms with Gasteiger partial charge in [-0.25, -0.2) is 0 Å². The van der Waals surface area contributed by atoms with Crippen molar-refractivity contribution in [2.75, 3.05) is 0 Å². The van der Waals surface area contributed by atoms with Crippen molar-refractivity contribution in [1.29, 1.82) is 0 Å². The number of phenols is 1. The van der Waals surface area contributed by atoms with E-state index in [0.717, 1.165) is 17.5 Å². The Bertz CT molecular complexity index is 561. The molecule has 1 N–H and O–H groups in total. The lowest BCUT2D eigenvalue weighted by molar-refractivity contribution is 0.476. The van der Waals surface area contributed by atoms with Crippen LogP contribution in [0.1, 0.15) is 18.1 Å². The summed E-state index contributed by atoms with van der Waals surface area (Å²) >= 11 is 5.81. The van der Waals surface area contributed by atoms with E-state index in [4.69, 9.17) is 11.6 Å². The van der Waals surface area contributed by atoms with Gasteiger partial charge in [0.2, 0.25) is 0 Å². The molecular formula is C15H14ClNO. The molecule has 92 valence electrons. The Morgan fingerprint density at radius 3 is 2.56 bits per heavy atom. The van der Waals surface area contributed by atoms with E-state index in [1.54, 1.807) is 12.3 Å².